The molecular weight excluding hydrogens is 402 g/mol. The van der Waals surface area contributed by atoms with Crippen molar-refractivity contribution < 1.29 is 14.6 Å². The van der Waals surface area contributed by atoms with Crippen molar-refractivity contribution in [3.8, 4) is 11.5 Å². The molecule has 0 radical (unpaired) electrons. The molecule has 2 aromatic carbocycles. The number of phenols is 1. The summed E-state index contributed by atoms with van der Waals surface area (Å²) in [6.45, 7) is 1.95. The predicted octanol–water partition coefficient (Wildman–Crippen LogP) is 4.49. The molecule has 0 saturated carbocycles. The van der Waals surface area contributed by atoms with Crippen LogP contribution in [0.5, 0.6) is 11.5 Å². The molecule has 6 heteroatoms. The Morgan fingerprint density at radius 3 is 2.43 bits per heavy atom. The number of halogens is 2. The molecule has 21 heavy (non-hydrogen) atoms. The molecule has 4 nitrogen and oxygen atoms in total. The van der Waals surface area contributed by atoms with Gasteiger partial charge in [-0.3, -0.25) is 4.79 Å². The van der Waals surface area contributed by atoms with Gasteiger partial charge in [0.2, 0.25) is 0 Å². The summed E-state index contributed by atoms with van der Waals surface area (Å²) in [7, 11) is 1.43. The van der Waals surface area contributed by atoms with Crippen LogP contribution in [0.3, 0.4) is 0 Å². The van der Waals surface area contributed by atoms with Crippen LogP contribution < -0.4 is 10.1 Å². The Bertz CT molecular complexity index is 678. The minimum Gasteiger partial charge on any atom is -0.504 e. The van der Waals surface area contributed by atoms with Crippen LogP contribution in [0.1, 0.15) is 15.9 Å². The van der Waals surface area contributed by atoms with E-state index in [1.807, 2.05) is 19.1 Å². The van der Waals surface area contributed by atoms with Crippen LogP contribution in [0.25, 0.3) is 0 Å². The summed E-state index contributed by atoms with van der Waals surface area (Å²) in [4.78, 5) is 12.3. The normalized spacial score (nSPS) is 10.3. The zero-order chi connectivity index (χ0) is 15.6. The molecular formula is C15H13Br2NO3. The lowest BCUT2D eigenvalue weighted by Gasteiger charge is -2.12. The molecule has 0 fully saturated rings. The number of hydrogen-bond acceptors (Lipinski definition) is 3. The first-order valence-corrected chi connectivity index (χ1v) is 7.65. The average Bonchev–Trinajstić information content (AvgIpc) is 2.42. The minimum atomic E-state index is -0.420. The van der Waals surface area contributed by atoms with Crippen LogP contribution in [0.4, 0.5) is 5.69 Å². The Balaban J connectivity index is 2.35. The molecule has 2 rings (SSSR count). The van der Waals surface area contributed by atoms with Gasteiger partial charge < -0.3 is 15.2 Å². The van der Waals surface area contributed by atoms with Gasteiger partial charge in [0.25, 0.3) is 5.91 Å². The molecule has 0 aliphatic heterocycles. The van der Waals surface area contributed by atoms with Gasteiger partial charge in [0.15, 0.2) is 11.5 Å². The summed E-state index contributed by atoms with van der Waals surface area (Å²) in [6.07, 6.45) is 0. The molecule has 0 atom stereocenters. The van der Waals surface area contributed by atoms with Crippen LogP contribution in [-0.2, 0) is 0 Å². The second-order valence-corrected chi connectivity index (χ2v) is 6.12. The monoisotopic (exact) mass is 413 g/mol. The van der Waals surface area contributed by atoms with Gasteiger partial charge in [-0.05, 0) is 68.6 Å². The van der Waals surface area contributed by atoms with Crippen LogP contribution >= 0.6 is 31.9 Å². The molecule has 0 aliphatic rings. The number of carbonyl (C=O) groups excluding carboxylic acids is 1. The third kappa shape index (κ3) is 3.39. The Labute approximate surface area is 139 Å². The maximum Gasteiger partial charge on any atom is 0.259 e. The highest BCUT2D eigenvalue weighted by Gasteiger charge is 2.17. The van der Waals surface area contributed by atoms with E-state index >= 15 is 0 Å². The van der Waals surface area contributed by atoms with E-state index in [0.29, 0.717) is 5.69 Å². The number of methoxy groups -OCH3 is 1. The summed E-state index contributed by atoms with van der Waals surface area (Å²) in [5.41, 5.74) is 1.80. The van der Waals surface area contributed by atoms with Gasteiger partial charge in [0, 0.05) is 8.95 Å². The fourth-order valence-electron chi connectivity index (χ4n) is 1.87. The summed E-state index contributed by atoms with van der Waals surface area (Å²) >= 11 is 6.83. The largest absolute Gasteiger partial charge is 0.504 e. The standard InChI is InChI=1S/C15H13Br2NO3/c1-8-6-10(16)13(11(17)7-8)18-15(20)9-4-3-5-12(21-2)14(9)19/h3-7,19H,1-2H3,(H,18,20). The van der Waals surface area contributed by atoms with E-state index in [0.717, 1.165) is 14.5 Å². The number of anilines is 1. The van der Waals surface area contributed by atoms with Crippen LogP contribution in [0.2, 0.25) is 0 Å². The Morgan fingerprint density at radius 2 is 1.86 bits per heavy atom. The number of hydrogen-bond donors (Lipinski definition) is 2. The van der Waals surface area contributed by atoms with E-state index < -0.39 is 5.91 Å². The number of carbonyl (C=O) groups is 1. The van der Waals surface area contributed by atoms with Crippen molar-refractivity contribution in [1.29, 1.82) is 0 Å². The van der Waals surface area contributed by atoms with Crippen molar-refractivity contribution in [2.45, 2.75) is 6.92 Å². The molecule has 0 spiro atoms. The number of nitrogens with one attached hydrogen (secondary N) is 1. The van der Waals surface area contributed by atoms with E-state index in [1.165, 1.54) is 13.2 Å². The summed E-state index contributed by atoms with van der Waals surface area (Å²) in [6, 6.07) is 8.55. The van der Waals surface area contributed by atoms with Gasteiger partial charge in [-0.2, -0.15) is 0 Å². The SMILES string of the molecule is COc1cccc(C(=O)Nc2c(Br)cc(C)cc2Br)c1O. The molecule has 0 aromatic heterocycles. The third-order valence-corrected chi connectivity index (χ3v) is 4.14. The Morgan fingerprint density at radius 1 is 1.24 bits per heavy atom. The Hall–Kier alpha value is -1.53. The molecule has 1 amide bonds. The molecule has 0 unspecified atom stereocenters. The average molecular weight is 415 g/mol. The zero-order valence-corrected chi connectivity index (χ0v) is 14.6. The Kier molecular flexibility index (Phi) is 4.90. The van der Waals surface area contributed by atoms with Crippen molar-refractivity contribution in [2.24, 2.45) is 0 Å². The highest BCUT2D eigenvalue weighted by Crippen LogP contribution is 2.34. The van der Waals surface area contributed by atoms with E-state index in [9.17, 15) is 9.90 Å². The number of rotatable bonds is 3. The molecule has 0 bridgehead atoms. The van der Waals surface area contributed by atoms with Crippen molar-refractivity contribution >= 4 is 43.5 Å². The van der Waals surface area contributed by atoms with Gasteiger partial charge in [0.05, 0.1) is 18.4 Å². The van der Waals surface area contributed by atoms with Crippen molar-refractivity contribution in [2.75, 3.05) is 12.4 Å². The highest BCUT2D eigenvalue weighted by molar-refractivity contribution is 9.11. The fourth-order valence-corrected chi connectivity index (χ4v) is 3.48. The first-order chi connectivity index (χ1) is 9.93. The number of aromatic hydroxyl groups is 1. The number of para-hydroxylation sites is 1. The van der Waals surface area contributed by atoms with Crippen molar-refractivity contribution in [3.05, 3.63) is 50.4 Å². The van der Waals surface area contributed by atoms with Gasteiger partial charge in [-0.25, -0.2) is 0 Å². The van der Waals surface area contributed by atoms with Crippen LogP contribution in [0, 0.1) is 6.92 Å². The summed E-state index contributed by atoms with van der Waals surface area (Å²) in [5, 5.41) is 12.8. The zero-order valence-electron chi connectivity index (χ0n) is 11.4. The van der Waals surface area contributed by atoms with Gasteiger partial charge in [-0.15, -0.1) is 0 Å². The highest BCUT2D eigenvalue weighted by atomic mass is 79.9. The fraction of sp³-hybridized carbons (Fsp3) is 0.133. The van der Waals surface area contributed by atoms with Crippen molar-refractivity contribution in [3.63, 3.8) is 0 Å². The topological polar surface area (TPSA) is 58.6 Å². The number of aryl methyl sites for hydroxylation is 1. The van der Waals surface area contributed by atoms with Crippen molar-refractivity contribution in [1.82, 2.24) is 0 Å². The number of phenolic OH excluding ortho intramolecular Hbond substituents is 1. The quantitative estimate of drug-likeness (QED) is 0.777. The summed E-state index contributed by atoms with van der Waals surface area (Å²) in [5.74, 6) is -0.349. The number of benzene rings is 2. The van der Waals surface area contributed by atoms with Gasteiger partial charge >= 0.3 is 0 Å². The molecule has 0 saturated heterocycles. The molecule has 0 aliphatic carbocycles. The maximum absolute atomic E-state index is 12.3. The molecule has 0 heterocycles. The second kappa shape index (κ2) is 6.49. The third-order valence-electron chi connectivity index (χ3n) is 2.89. The van der Waals surface area contributed by atoms with E-state index in [-0.39, 0.29) is 17.1 Å². The first kappa shape index (κ1) is 15.9. The lowest BCUT2D eigenvalue weighted by atomic mass is 10.1. The molecule has 2 N–H and O–H groups in total. The lowest BCUT2D eigenvalue weighted by molar-refractivity contribution is 0.102. The predicted molar refractivity (Wildman–Crippen MR) is 89.2 cm³/mol. The van der Waals surface area contributed by atoms with Gasteiger partial charge in [-0.1, -0.05) is 6.07 Å². The van der Waals surface area contributed by atoms with Crippen LogP contribution in [-0.4, -0.2) is 18.1 Å². The minimum absolute atomic E-state index is 0.147. The number of ether oxygens (including phenoxy) is 1. The lowest BCUT2D eigenvalue weighted by Crippen LogP contribution is -2.13. The smallest absolute Gasteiger partial charge is 0.259 e. The second-order valence-electron chi connectivity index (χ2n) is 4.41. The maximum atomic E-state index is 12.3. The first-order valence-electron chi connectivity index (χ1n) is 6.07. The van der Waals surface area contributed by atoms with E-state index in [4.69, 9.17) is 4.74 Å². The van der Waals surface area contributed by atoms with Gasteiger partial charge in [0.1, 0.15) is 0 Å². The van der Waals surface area contributed by atoms with Crippen LogP contribution in [0.15, 0.2) is 39.3 Å². The number of amides is 1. The van der Waals surface area contributed by atoms with E-state index in [2.05, 4.69) is 37.2 Å². The van der Waals surface area contributed by atoms with E-state index in [1.54, 1.807) is 12.1 Å². The summed E-state index contributed by atoms with van der Waals surface area (Å²) < 4.78 is 6.51. The molecule has 110 valence electrons. The molecule has 2 aromatic rings.